The Morgan fingerprint density at radius 2 is 1.83 bits per heavy atom. The molecule has 0 saturated heterocycles. The minimum atomic E-state index is -0.198. The minimum absolute atomic E-state index is 0.119. The molecule has 2 aromatic carbocycles. The van der Waals surface area contributed by atoms with Gasteiger partial charge in [0.2, 0.25) is 5.91 Å². The van der Waals surface area contributed by atoms with Gasteiger partial charge in [0, 0.05) is 10.7 Å². The summed E-state index contributed by atoms with van der Waals surface area (Å²) in [5.41, 5.74) is 3.66. The van der Waals surface area contributed by atoms with Crippen molar-refractivity contribution < 1.29 is 4.79 Å². The molecular weight excluding hydrogens is 418 g/mol. The van der Waals surface area contributed by atoms with Crippen molar-refractivity contribution in [2.45, 2.75) is 18.9 Å². The molecule has 0 radical (unpaired) electrons. The van der Waals surface area contributed by atoms with Gasteiger partial charge in [-0.1, -0.05) is 41.6 Å². The summed E-state index contributed by atoms with van der Waals surface area (Å²) >= 11 is 7.06. The smallest absolute Gasteiger partial charge is 0.234 e. The lowest BCUT2D eigenvalue weighted by atomic mass is 10.1. The molecule has 1 amide bonds. The SMILES string of the molecule is Cc1nc(SCC(=O)Nc2ccc(Cl)cc2)c(C#N)c(C)c1N=Nc1ccccc1. The van der Waals surface area contributed by atoms with Crippen LogP contribution in [0.3, 0.4) is 0 Å². The van der Waals surface area contributed by atoms with Crippen molar-refractivity contribution in [3.05, 3.63) is 76.4 Å². The van der Waals surface area contributed by atoms with E-state index in [2.05, 4.69) is 26.6 Å². The van der Waals surface area contributed by atoms with Crippen molar-refractivity contribution in [3.63, 3.8) is 0 Å². The maximum atomic E-state index is 12.3. The van der Waals surface area contributed by atoms with Crippen molar-refractivity contribution in [3.8, 4) is 6.07 Å². The molecular formula is C22H18ClN5OS. The van der Waals surface area contributed by atoms with Gasteiger partial charge in [-0.25, -0.2) is 4.98 Å². The Balaban J connectivity index is 1.75. The number of rotatable bonds is 6. The Kier molecular flexibility index (Phi) is 7.17. The number of carbonyl (C=O) groups excluding carboxylic acids is 1. The molecule has 3 rings (SSSR count). The van der Waals surface area contributed by atoms with Gasteiger partial charge in [0.1, 0.15) is 16.8 Å². The quantitative estimate of drug-likeness (QED) is 0.359. The molecule has 0 atom stereocenters. The molecule has 0 fully saturated rings. The summed E-state index contributed by atoms with van der Waals surface area (Å²) in [6.45, 7) is 3.62. The highest BCUT2D eigenvalue weighted by Gasteiger charge is 2.16. The summed E-state index contributed by atoms with van der Waals surface area (Å²) in [7, 11) is 0. The van der Waals surface area contributed by atoms with Crippen LogP contribution in [0.2, 0.25) is 5.02 Å². The summed E-state index contributed by atoms with van der Waals surface area (Å²) < 4.78 is 0. The Morgan fingerprint density at radius 3 is 2.50 bits per heavy atom. The molecule has 0 aliphatic rings. The number of anilines is 1. The molecule has 30 heavy (non-hydrogen) atoms. The maximum absolute atomic E-state index is 12.3. The summed E-state index contributed by atoms with van der Waals surface area (Å²) in [5.74, 6) is -0.0789. The number of pyridine rings is 1. The number of benzene rings is 2. The van der Waals surface area contributed by atoms with Gasteiger partial charge in [0.05, 0.1) is 22.7 Å². The zero-order chi connectivity index (χ0) is 21.5. The van der Waals surface area contributed by atoms with E-state index in [-0.39, 0.29) is 11.7 Å². The second-order valence-corrected chi connectivity index (χ2v) is 7.74. The number of thioether (sulfide) groups is 1. The normalized spacial score (nSPS) is 10.7. The number of aromatic nitrogens is 1. The van der Waals surface area contributed by atoms with E-state index in [4.69, 9.17) is 11.6 Å². The Bertz CT molecular complexity index is 1130. The van der Waals surface area contributed by atoms with Crippen LogP contribution in [0, 0.1) is 25.2 Å². The molecule has 8 heteroatoms. The van der Waals surface area contributed by atoms with Crippen molar-refractivity contribution >= 4 is 46.3 Å². The van der Waals surface area contributed by atoms with Gasteiger partial charge in [-0.05, 0) is 55.8 Å². The van der Waals surface area contributed by atoms with Gasteiger partial charge in [-0.2, -0.15) is 10.4 Å². The molecule has 0 unspecified atom stereocenters. The van der Waals surface area contributed by atoms with Crippen LogP contribution in [-0.4, -0.2) is 16.6 Å². The number of aryl methyl sites for hydroxylation is 1. The van der Waals surface area contributed by atoms with Crippen molar-refractivity contribution in [2.24, 2.45) is 10.2 Å². The van der Waals surface area contributed by atoms with E-state index in [0.29, 0.717) is 43.9 Å². The first kappa shape index (κ1) is 21.5. The van der Waals surface area contributed by atoms with E-state index in [1.807, 2.05) is 44.2 Å². The van der Waals surface area contributed by atoms with Crippen LogP contribution in [0.5, 0.6) is 0 Å². The highest BCUT2D eigenvalue weighted by Crippen LogP contribution is 2.32. The minimum Gasteiger partial charge on any atom is -0.325 e. The van der Waals surface area contributed by atoms with Crippen LogP contribution in [0.25, 0.3) is 0 Å². The Labute approximate surface area is 184 Å². The van der Waals surface area contributed by atoms with Crippen molar-refractivity contribution in [1.29, 1.82) is 5.26 Å². The zero-order valence-corrected chi connectivity index (χ0v) is 18.0. The van der Waals surface area contributed by atoms with E-state index < -0.39 is 0 Å². The summed E-state index contributed by atoms with van der Waals surface area (Å²) in [6, 6.07) is 18.4. The Morgan fingerprint density at radius 1 is 1.13 bits per heavy atom. The molecule has 3 aromatic rings. The topological polar surface area (TPSA) is 90.5 Å². The second kappa shape index (κ2) is 10.0. The fourth-order valence-electron chi connectivity index (χ4n) is 2.66. The van der Waals surface area contributed by atoms with E-state index in [0.717, 1.165) is 0 Å². The number of amides is 1. The number of hydrogen-bond donors (Lipinski definition) is 1. The largest absolute Gasteiger partial charge is 0.325 e. The number of carbonyl (C=O) groups is 1. The number of hydrogen-bond acceptors (Lipinski definition) is 6. The van der Waals surface area contributed by atoms with E-state index >= 15 is 0 Å². The average molecular weight is 436 g/mol. The number of nitrogens with zero attached hydrogens (tertiary/aromatic N) is 4. The first-order valence-electron chi connectivity index (χ1n) is 9.04. The van der Waals surface area contributed by atoms with Crippen LogP contribution >= 0.6 is 23.4 Å². The first-order chi connectivity index (χ1) is 14.5. The van der Waals surface area contributed by atoms with E-state index in [9.17, 15) is 10.1 Å². The van der Waals surface area contributed by atoms with Crippen molar-refractivity contribution in [1.82, 2.24) is 4.98 Å². The fourth-order valence-corrected chi connectivity index (χ4v) is 3.67. The van der Waals surface area contributed by atoms with Crippen LogP contribution in [0.15, 0.2) is 69.9 Å². The van der Waals surface area contributed by atoms with Gasteiger partial charge < -0.3 is 5.32 Å². The van der Waals surface area contributed by atoms with Gasteiger partial charge >= 0.3 is 0 Å². The predicted octanol–water partition coefficient (Wildman–Crippen LogP) is 6.37. The first-order valence-corrected chi connectivity index (χ1v) is 10.4. The molecule has 0 aliphatic heterocycles. The average Bonchev–Trinajstić information content (AvgIpc) is 2.74. The highest BCUT2D eigenvalue weighted by molar-refractivity contribution is 8.00. The molecule has 1 heterocycles. The Hall–Kier alpha value is -3.21. The lowest BCUT2D eigenvalue weighted by Crippen LogP contribution is -2.14. The van der Waals surface area contributed by atoms with Gasteiger partial charge in [-0.15, -0.1) is 5.11 Å². The molecule has 1 aromatic heterocycles. The van der Waals surface area contributed by atoms with Crippen LogP contribution < -0.4 is 5.32 Å². The van der Waals surface area contributed by atoms with E-state index in [1.54, 1.807) is 24.3 Å². The number of halogens is 1. The third-order valence-corrected chi connectivity index (χ3v) is 5.38. The molecule has 0 bridgehead atoms. The molecule has 150 valence electrons. The second-order valence-electron chi connectivity index (χ2n) is 6.34. The van der Waals surface area contributed by atoms with E-state index in [1.165, 1.54) is 11.8 Å². The maximum Gasteiger partial charge on any atom is 0.234 e. The molecule has 0 saturated carbocycles. The van der Waals surface area contributed by atoms with Crippen molar-refractivity contribution in [2.75, 3.05) is 11.1 Å². The van der Waals surface area contributed by atoms with Crippen LogP contribution in [0.1, 0.15) is 16.8 Å². The number of azo groups is 1. The summed E-state index contributed by atoms with van der Waals surface area (Å²) in [6.07, 6.45) is 0. The lowest BCUT2D eigenvalue weighted by Gasteiger charge is -2.11. The molecule has 6 nitrogen and oxygen atoms in total. The molecule has 0 spiro atoms. The lowest BCUT2D eigenvalue weighted by molar-refractivity contribution is -0.113. The monoisotopic (exact) mass is 435 g/mol. The predicted molar refractivity (Wildman–Crippen MR) is 120 cm³/mol. The van der Waals surface area contributed by atoms with Gasteiger partial charge in [0.25, 0.3) is 0 Å². The fraction of sp³-hybridized carbons (Fsp3) is 0.136. The zero-order valence-electron chi connectivity index (χ0n) is 16.4. The molecule has 0 aliphatic carbocycles. The third-order valence-electron chi connectivity index (χ3n) is 4.16. The standard InChI is InChI=1S/C22H18ClN5OS/c1-14-19(12-24)22(30-13-20(29)26-17-10-8-16(23)9-11-17)25-15(2)21(14)28-27-18-6-4-3-5-7-18/h3-11H,13H2,1-2H3,(H,26,29). The third kappa shape index (κ3) is 5.44. The van der Waals surface area contributed by atoms with Gasteiger partial charge in [0.15, 0.2) is 0 Å². The highest BCUT2D eigenvalue weighted by atomic mass is 35.5. The molecule has 1 N–H and O–H groups in total. The summed E-state index contributed by atoms with van der Waals surface area (Å²) in [4.78, 5) is 16.8. The number of nitriles is 1. The van der Waals surface area contributed by atoms with Crippen LogP contribution in [-0.2, 0) is 4.79 Å². The summed E-state index contributed by atoms with van der Waals surface area (Å²) in [5, 5.41) is 22.0. The number of nitrogens with one attached hydrogen (secondary N) is 1. The van der Waals surface area contributed by atoms with Gasteiger partial charge in [-0.3, -0.25) is 4.79 Å². The van der Waals surface area contributed by atoms with Crippen LogP contribution in [0.4, 0.5) is 17.1 Å².